The Morgan fingerprint density at radius 1 is 0.986 bits per heavy atom. The number of hydrogen-bond acceptors (Lipinski definition) is 14. The molecule has 4 N–H and O–H groups in total. The third-order valence-corrected chi connectivity index (χ3v) is 18.8. The van der Waals surface area contributed by atoms with Crippen LogP contribution in [0.1, 0.15) is 89.1 Å². The number of benzene rings is 2. The minimum Gasteiger partial charge on any atom is -0.496 e. The standard InChI is InChI=1S/C51H68N5O12P/c1-8-47(61)27-33-28-50(45(59)52-20-24-69(63,66-10-3)67-11-4,41-35(17-22-54(29-33)30-47)34-15-12-13-16-38(34)53-41)37-25-36-39(26-40(37)64-6)56(31-57)43-49(36)19-23-55-21-14-18-48(9-2,42(49)55)44(68-32(5)58)51(43,62)46(60)65-7/h12-16,18,25-26,31,33,42-44,53,61-62H,8-11,17,19-24,27-30H2,1-7H3,(H,52,59)/t33-,42-,43+,44+,47-,48+,49+,50-,51-/m0/s1. The maximum atomic E-state index is 16.3. The van der Waals surface area contributed by atoms with Gasteiger partial charge in [0.2, 0.25) is 17.9 Å². The predicted molar refractivity (Wildman–Crippen MR) is 257 cm³/mol. The summed E-state index contributed by atoms with van der Waals surface area (Å²) in [5.41, 5.74) is -3.72. The number of H-pyrrole nitrogens is 1. The van der Waals surface area contributed by atoms with E-state index in [9.17, 15) is 29.2 Å². The van der Waals surface area contributed by atoms with Crippen molar-refractivity contribution in [2.45, 2.75) is 113 Å². The molecule has 5 aliphatic heterocycles. The summed E-state index contributed by atoms with van der Waals surface area (Å²) in [6.45, 7) is 11.6. The minimum atomic E-state index is -3.61. The molecule has 17 nitrogen and oxygen atoms in total. The van der Waals surface area contributed by atoms with E-state index in [0.29, 0.717) is 93.7 Å². The molecule has 1 aromatic heterocycles. The lowest BCUT2D eigenvalue weighted by molar-refractivity contribution is -0.228. The maximum absolute atomic E-state index is 16.3. The lowest BCUT2D eigenvalue weighted by Gasteiger charge is -2.63. The van der Waals surface area contributed by atoms with Crippen LogP contribution in [0.25, 0.3) is 10.9 Å². The second-order valence-electron chi connectivity index (χ2n) is 20.0. The number of aromatic amines is 1. The first-order valence-electron chi connectivity index (χ1n) is 24.6. The normalized spacial score (nSPS) is 33.5. The molecule has 1 unspecified atom stereocenters. The summed E-state index contributed by atoms with van der Waals surface area (Å²) in [6.07, 6.45) is 5.37. The van der Waals surface area contributed by atoms with Gasteiger partial charge in [-0.3, -0.25) is 28.7 Å². The lowest BCUT2D eigenvalue weighted by atomic mass is 9.47. The third kappa shape index (κ3) is 7.34. The Bertz CT molecular complexity index is 2590. The van der Waals surface area contributed by atoms with Crippen LogP contribution in [0.15, 0.2) is 48.6 Å². The molecule has 2 bridgehead atoms. The number of nitrogens with one attached hydrogen (secondary N) is 2. The van der Waals surface area contributed by atoms with Crippen LogP contribution < -0.4 is 15.0 Å². The van der Waals surface area contributed by atoms with Crippen molar-refractivity contribution in [2.75, 3.05) is 77.8 Å². The van der Waals surface area contributed by atoms with E-state index in [1.54, 1.807) is 19.9 Å². The number of esters is 2. The van der Waals surface area contributed by atoms with Gasteiger partial charge in [0.05, 0.1) is 50.9 Å². The number of ether oxygens (including phenoxy) is 3. The summed E-state index contributed by atoms with van der Waals surface area (Å²) < 4.78 is 43.2. The number of piperidine rings is 1. The van der Waals surface area contributed by atoms with Crippen molar-refractivity contribution in [3.8, 4) is 5.75 Å². The molecule has 0 radical (unpaired) electrons. The number of hydrogen-bond donors (Lipinski definition) is 4. The first-order valence-corrected chi connectivity index (χ1v) is 26.3. The average molecular weight is 974 g/mol. The molecular weight excluding hydrogens is 906 g/mol. The second-order valence-corrected chi connectivity index (χ2v) is 22.2. The number of nitrogens with zero attached hydrogens (tertiary/aromatic N) is 3. The number of aliphatic hydroxyl groups is 2. The zero-order valence-corrected chi connectivity index (χ0v) is 41.8. The number of carbonyl (C=O) groups is 4. The highest BCUT2D eigenvalue weighted by atomic mass is 31.2. The fraction of sp³-hybridized carbons (Fsp3) is 0.608. The number of anilines is 1. The van der Waals surface area contributed by atoms with Gasteiger partial charge in [-0.25, -0.2) is 4.79 Å². The number of amides is 2. The van der Waals surface area contributed by atoms with Crippen molar-refractivity contribution in [1.82, 2.24) is 20.1 Å². The van der Waals surface area contributed by atoms with E-state index in [0.717, 1.165) is 16.5 Å². The van der Waals surface area contributed by atoms with E-state index in [2.05, 4.69) is 20.1 Å². The van der Waals surface area contributed by atoms with E-state index in [1.807, 2.05) is 56.3 Å². The van der Waals surface area contributed by atoms with Gasteiger partial charge in [0, 0.05) is 84.7 Å². The molecule has 6 heterocycles. The van der Waals surface area contributed by atoms with Crippen LogP contribution in [0.3, 0.4) is 0 Å². The van der Waals surface area contributed by atoms with E-state index in [4.69, 9.17) is 23.3 Å². The first kappa shape index (κ1) is 49.4. The van der Waals surface area contributed by atoms with Gasteiger partial charge < -0.3 is 48.7 Å². The van der Waals surface area contributed by atoms with Crippen molar-refractivity contribution in [2.24, 2.45) is 11.3 Å². The van der Waals surface area contributed by atoms with Crippen molar-refractivity contribution >= 4 is 48.4 Å². The molecule has 10 atom stereocenters. The number of fused-ring (bicyclic) bond motifs is 6. The van der Waals surface area contributed by atoms with Crippen LogP contribution in [-0.2, 0) is 59.5 Å². The van der Waals surface area contributed by atoms with Gasteiger partial charge in [-0.2, -0.15) is 0 Å². The average Bonchev–Trinajstić information content (AvgIpc) is 4.01. The van der Waals surface area contributed by atoms with Gasteiger partial charge >= 0.3 is 19.5 Å². The number of para-hydroxylation sites is 1. The lowest BCUT2D eigenvalue weighted by Crippen LogP contribution is -2.81. The zero-order chi connectivity index (χ0) is 49.3. The highest BCUT2D eigenvalue weighted by Gasteiger charge is 2.81. The molecule has 374 valence electrons. The first-order chi connectivity index (χ1) is 33.0. The molecule has 3 aromatic rings. The largest absolute Gasteiger partial charge is 0.496 e. The summed E-state index contributed by atoms with van der Waals surface area (Å²) in [5.74, 6) is -2.14. The third-order valence-electron chi connectivity index (χ3n) is 16.7. The summed E-state index contributed by atoms with van der Waals surface area (Å²) >= 11 is 0. The topological polar surface area (TPSA) is 209 Å². The molecule has 9 rings (SSSR count). The predicted octanol–water partition coefficient (Wildman–Crippen LogP) is 4.73. The molecule has 6 aliphatic rings. The Morgan fingerprint density at radius 3 is 2.41 bits per heavy atom. The second kappa shape index (κ2) is 18.2. The molecular formula is C51H68N5O12P. The molecule has 69 heavy (non-hydrogen) atoms. The molecule has 2 amide bonds. The van der Waals surface area contributed by atoms with Crippen LogP contribution in [0.2, 0.25) is 0 Å². The van der Waals surface area contributed by atoms with Crippen LogP contribution in [0, 0.1) is 11.3 Å². The molecule has 2 saturated heterocycles. The quantitative estimate of drug-likeness (QED) is 0.0703. The molecule has 1 aliphatic carbocycles. The van der Waals surface area contributed by atoms with E-state index in [1.165, 1.54) is 26.0 Å². The Morgan fingerprint density at radius 2 is 1.74 bits per heavy atom. The number of rotatable bonds is 15. The fourth-order valence-electron chi connectivity index (χ4n) is 14.2. The summed E-state index contributed by atoms with van der Waals surface area (Å²) in [4.78, 5) is 67.7. The van der Waals surface area contributed by atoms with Crippen LogP contribution in [0.5, 0.6) is 5.75 Å². The number of aromatic nitrogens is 1. The molecule has 3 fully saturated rings. The van der Waals surface area contributed by atoms with Gasteiger partial charge in [0.1, 0.15) is 11.2 Å². The Hall–Kier alpha value is -4.61. The number of methoxy groups -OCH3 is 2. The maximum Gasteiger partial charge on any atom is 0.344 e. The highest BCUT2D eigenvalue weighted by molar-refractivity contribution is 7.53. The van der Waals surface area contributed by atoms with Crippen LogP contribution >= 0.6 is 7.60 Å². The highest BCUT2D eigenvalue weighted by Crippen LogP contribution is 2.68. The Kier molecular flexibility index (Phi) is 13.0. The Balaban J connectivity index is 1.35. The molecule has 18 heteroatoms. The fourth-order valence-corrected chi connectivity index (χ4v) is 15.7. The van der Waals surface area contributed by atoms with E-state index >= 15 is 4.79 Å². The van der Waals surface area contributed by atoms with Crippen molar-refractivity contribution in [3.63, 3.8) is 0 Å². The smallest absolute Gasteiger partial charge is 0.344 e. The Labute approximate surface area is 403 Å². The summed E-state index contributed by atoms with van der Waals surface area (Å²) in [7, 11) is -0.936. The zero-order valence-electron chi connectivity index (χ0n) is 40.9. The molecule has 2 aromatic carbocycles. The number of carbonyl (C=O) groups excluding carboxylic acids is 4. The van der Waals surface area contributed by atoms with Gasteiger partial charge in [-0.05, 0) is 88.1 Å². The molecule has 1 spiro atoms. The monoisotopic (exact) mass is 973 g/mol. The van der Waals surface area contributed by atoms with Gasteiger partial charge in [-0.1, -0.05) is 44.2 Å². The molecule has 1 saturated carbocycles. The minimum absolute atomic E-state index is 0.0621. The van der Waals surface area contributed by atoms with E-state index < -0.39 is 71.1 Å². The van der Waals surface area contributed by atoms with Gasteiger partial charge in [0.15, 0.2) is 6.10 Å². The van der Waals surface area contributed by atoms with Crippen molar-refractivity contribution < 1.29 is 57.2 Å². The van der Waals surface area contributed by atoms with Crippen molar-refractivity contribution in [3.05, 3.63) is 70.9 Å². The van der Waals surface area contributed by atoms with Gasteiger partial charge in [-0.15, -0.1) is 0 Å². The summed E-state index contributed by atoms with van der Waals surface area (Å²) in [5, 5.41) is 29.8. The van der Waals surface area contributed by atoms with Crippen LogP contribution in [-0.4, -0.2) is 152 Å². The van der Waals surface area contributed by atoms with Crippen molar-refractivity contribution in [1.29, 1.82) is 0 Å². The SMILES string of the molecule is CCOP(=O)(CCNC(=O)[C@]1(c2cc3c(cc2OC)N(C=O)[C@H]2[C@@](O)(C(=O)OC)[C@H](OC(C)=O)[C@]4(CC)C=CCN5CC[C@]32[C@@H]54)C[C@H]2CN(CCc3c1[nH]c1ccccc31)C[C@](O)(CC)C2)OCC. The van der Waals surface area contributed by atoms with E-state index in [-0.39, 0.29) is 44.0 Å². The summed E-state index contributed by atoms with van der Waals surface area (Å²) in [6, 6.07) is 9.80. The van der Waals surface area contributed by atoms with Gasteiger partial charge in [0.25, 0.3) is 0 Å². The van der Waals surface area contributed by atoms with Crippen LogP contribution in [0.4, 0.5) is 5.69 Å².